The molecule has 2 N–H and O–H groups in total. The highest BCUT2D eigenvalue weighted by atomic mass is 16.3. The smallest absolute Gasteiger partial charge is 0.0693 e. The van der Waals surface area contributed by atoms with Gasteiger partial charge in [-0.1, -0.05) is 33.1 Å². The Morgan fingerprint density at radius 3 is 2.67 bits per heavy atom. The van der Waals surface area contributed by atoms with Gasteiger partial charge in [-0.3, -0.25) is 0 Å². The second-order valence-corrected chi connectivity index (χ2v) is 4.93. The Kier molecular flexibility index (Phi) is 6.26. The number of aliphatic hydroxyl groups is 1. The van der Waals surface area contributed by atoms with Crippen molar-refractivity contribution in [3.63, 3.8) is 0 Å². The van der Waals surface area contributed by atoms with E-state index in [1.807, 2.05) is 0 Å². The van der Waals surface area contributed by atoms with Gasteiger partial charge in [-0.2, -0.15) is 0 Å². The molecule has 1 fully saturated rings. The van der Waals surface area contributed by atoms with Crippen molar-refractivity contribution in [2.24, 2.45) is 5.92 Å². The Hall–Kier alpha value is -0.0800. The highest BCUT2D eigenvalue weighted by molar-refractivity contribution is 4.83. The lowest BCUT2D eigenvalue weighted by molar-refractivity contribution is 0.146. The molecule has 0 amide bonds. The molecule has 0 heterocycles. The zero-order valence-corrected chi connectivity index (χ0v) is 10.3. The molecule has 1 aliphatic carbocycles. The molecule has 0 aromatic rings. The van der Waals surface area contributed by atoms with Crippen LogP contribution in [0.1, 0.15) is 58.8 Å². The first kappa shape index (κ1) is 13.0. The number of aliphatic hydroxyl groups excluding tert-OH is 1. The van der Waals surface area contributed by atoms with Crippen molar-refractivity contribution < 1.29 is 5.11 Å². The van der Waals surface area contributed by atoms with Gasteiger partial charge in [-0.05, 0) is 38.1 Å². The normalized spacial score (nSPS) is 28.2. The molecule has 0 saturated heterocycles. The Bertz CT molecular complexity index is 161. The van der Waals surface area contributed by atoms with E-state index in [1.165, 1.54) is 32.1 Å². The molecular weight excluding hydrogens is 186 g/mol. The summed E-state index contributed by atoms with van der Waals surface area (Å²) < 4.78 is 0. The van der Waals surface area contributed by atoms with Crippen LogP contribution in [0.4, 0.5) is 0 Å². The number of rotatable bonds is 7. The van der Waals surface area contributed by atoms with E-state index < -0.39 is 0 Å². The van der Waals surface area contributed by atoms with Gasteiger partial charge in [0, 0.05) is 6.04 Å². The summed E-state index contributed by atoms with van der Waals surface area (Å²) in [5.41, 5.74) is 0. The van der Waals surface area contributed by atoms with Gasteiger partial charge in [0.25, 0.3) is 0 Å². The van der Waals surface area contributed by atoms with E-state index in [2.05, 4.69) is 19.2 Å². The summed E-state index contributed by atoms with van der Waals surface area (Å²) in [6.07, 6.45) is 8.47. The van der Waals surface area contributed by atoms with Crippen LogP contribution < -0.4 is 5.32 Å². The molecule has 1 rings (SSSR count). The van der Waals surface area contributed by atoms with Crippen molar-refractivity contribution in [1.82, 2.24) is 5.32 Å². The van der Waals surface area contributed by atoms with Crippen LogP contribution in [0, 0.1) is 5.92 Å². The molecule has 0 radical (unpaired) electrons. The van der Waals surface area contributed by atoms with Crippen LogP contribution >= 0.6 is 0 Å². The molecule has 90 valence electrons. The fraction of sp³-hybridized carbons (Fsp3) is 1.00. The maximum absolute atomic E-state index is 9.69. The predicted molar refractivity (Wildman–Crippen MR) is 65.0 cm³/mol. The van der Waals surface area contributed by atoms with Crippen molar-refractivity contribution in [1.29, 1.82) is 0 Å². The van der Waals surface area contributed by atoms with Crippen LogP contribution in [0.15, 0.2) is 0 Å². The highest BCUT2D eigenvalue weighted by Gasteiger charge is 2.24. The lowest BCUT2D eigenvalue weighted by atomic mass is 9.99. The van der Waals surface area contributed by atoms with Gasteiger partial charge in [0.1, 0.15) is 0 Å². The Morgan fingerprint density at radius 2 is 2.13 bits per heavy atom. The summed E-state index contributed by atoms with van der Waals surface area (Å²) in [7, 11) is 0. The first-order valence-electron chi connectivity index (χ1n) is 6.69. The average molecular weight is 213 g/mol. The zero-order valence-electron chi connectivity index (χ0n) is 10.3. The van der Waals surface area contributed by atoms with Crippen LogP contribution in [0.25, 0.3) is 0 Å². The maximum Gasteiger partial charge on any atom is 0.0693 e. The highest BCUT2D eigenvalue weighted by Crippen LogP contribution is 2.20. The number of hydrogen-bond donors (Lipinski definition) is 2. The van der Waals surface area contributed by atoms with Gasteiger partial charge in [0.05, 0.1) is 6.10 Å². The topological polar surface area (TPSA) is 32.3 Å². The lowest BCUT2D eigenvalue weighted by Gasteiger charge is -2.21. The third-order valence-electron chi connectivity index (χ3n) is 3.69. The largest absolute Gasteiger partial charge is 0.392 e. The Morgan fingerprint density at radius 1 is 1.33 bits per heavy atom. The fourth-order valence-electron chi connectivity index (χ4n) is 2.44. The van der Waals surface area contributed by atoms with E-state index in [1.54, 1.807) is 0 Å². The minimum atomic E-state index is -0.0892. The average Bonchev–Trinajstić information content (AvgIpc) is 2.65. The molecule has 15 heavy (non-hydrogen) atoms. The van der Waals surface area contributed by atoms with Gasteiger partial charge in [-0.15, -0.1) is 0 Å². The van der Waals surface area contributed by atoms with Crippen LogP contribution in [0.2, 0.25) is 0 Å². The van der Waals surface area contributed by atoms with E-state index in [0.29, 0.717) is 6.04 Å². The third-order valence-corrected chi connectivity index (χ3v) is 3.69. The minimum absolute atomic E-state index is 0.0892. The molecule has 0 bridgehead atoms. The molecule has 1 unspecified atom stereocenters. The predicted octanol–water partition coefficient (Wildman–Crippen LogP) is 2.71. The van der Waals surface area contributed by atoms with Crippen molar-refractivity contribution >= 4 is 0 Å². The summed E-state index contributed by atoms with van der Waals surface area (Å²) >= 11 is 0. The van der Waals surface area contributed by atoms with Crippen molar-refractivity contribution in [3.8, 4) is 0 Å². The standard InChI is InChI=1S/C13H27NO/c1-3-5-7-11(4-2)10-14-12-8-6-9-13(12)15/h11-15H,3-10H2,1-2H3/t11?,12-,13-/m1/s1. The molecule has 1 saturated carbocycles. The van der Waals surface area contributed by atoms with Crippen molar-refractivity contribution in [2.45, 2.75) is 70.9 Å². The quantitative estimate of drug-likeness (QED) is 0.681. The third kappa shape index (κ3) is 4.52. The van der Waals surface area contributed by atoms with E-state index in [4.69, 9.17) is 0 Å². The van der Waals surface area contributed by atoms with Crippen LogP contribution in [0.5, 0.6) is 0 Å². The summed E-state index contributed by atoms with van der Waals surface area (Å²) in [6, 6.07) is 0.376. The summed E-state index contributed by atoms with van der Waals surface area (Å²) in [4.78, 5) is 0. The van der Waals surface area contributed by atoms with E-state index in [0.717, 1.165) is 25.3 Å². The summed E-state index contributed by atoms with van der Waals surface area (Å²) in [5, 5.41) is 13.2. The first-order valence-corrected chi connectivity index (χ1v) is 6.69. The molecule has 0 spiro atoms. The van der Waals surface area contributed by atoms with E-state index in [-0.39, 0.29) is 6.10 Å². The molecule has 2 heteroatoms. The van der Waals surface area contributed by atoms with Gasteiger partial charge in [0.15, 0.2) is 0 Å². The molecule has 0 aromatic heterocycles. The Balaban J connectivity index is 2.15. The minimum Gasteiger partial charge on any atom is -0.392 e. The Labute approximate surface area is 94.5 Å². The van der Waals surface area contributed by atoms with Crippen LogP contribution in [-0.4, -0.2) is 23.8 Å². The van der Waals surface area contributed by atoms with Crippen LogP contribution in [-0.2, 0) is 0 Å². The van der Waals surface area contributed by atoms with Crippen LogP contribution in [0.3, 0.4) is 0 Å². The number of hydrogen-bond acceptors (Lipinski definition) is 2. The van der Waals surface area contributed by atoms with Crippen molar-refractivity contribution in [2.75, 3.05) is 6.54 Å². The summed E-state index contributed by atoms with van der Waals surface area (Å²) in [5.74, 6) is 0.803. The maximum atomic E-state index is 9.69. The monoisotopic (exact) mass is 213 g/mol. The van der Waals surface area contributed by atoms with E-state index in [9.17, 15) is 5.11 Å². The number of unbranched alkanes of at least 4 members (excludes halogenated alkanes) is 1. The first-order chi connectivity index (χ1) is 7.27. The second kappa shape index (κ2) is 7.24. The summed E-state index contributed by atoms with van der Waals surface area (Å²) in [6.45, 7) is 5.62. The SMILES string of the molecule is CCCCC(CC)CN[C@@H]1CCC[C@H]1O. The van der Waals surface area contributed by atoms with E-state index >= 15 is 0 Å². The fourth-order valence-corrected chi connectivity index (χ4v) is 2.44. The molecule has 1 aliphatic rings. The molecular formula is C13H27NO. The van der Waals surface area contributed by atoms with Gasteiger partial charge in [-0.25, -0.2) is 0 Å². The molecule has 3 atom stereocenters. The molecule has 0 aliphatic heterocycles. The second-order valence-electron chi connectivity index (χ2n) is 4.93. The lowest BCUT2D eigenvalue weighted by Crippen LogP contribution is -2.38. The molecule has 2 nitrogen and oxygen atoms in total. The zero-order chi connectivity index (χ0) is 11.1. The van der Waals surface area contributed by atoms with Gasteiger partial charge in [0.2, 0.25) is 0 Å². The van der Waals surface area contributed by atoms with Gasteiger partial charge >= 0.3 is 0 Å². The van der Waals surface area contributed by atoms with Crippen molar-refractivity contribution in [3.05, 3.63) is 0 Å². The molecule has 0 aromatic carbocycles. The number of nitrogens with one attached hydrogen (secondary N) is 1. The van der Waals surface area contributed by atoms with Gasteiger partial charge < -0.3 is 10.4 Å².